The fraction of sp³-hybridized carbons (Fsp3) is 0.231. The van der Waals surface area contributed by atoms with E-state index in [2.05, 4.69) is 11.1 Å². The summed E-state index contributed by atoms with van der Waals surface area (Å²) in [6.45, 7) is 1.94. The van der Waals surface area contributed by atoms with Gasteiger partial charge in [-0.25, -0.2) is 4.98 Å². The van der Waals surface area contributed by atoms with Crippen LogP contribution in [0.15, 0.2) is 24.3 Å². The Morgan fingerprint density at radius 2 is 2.29 bits per heavy atom. The summed E-state index contributed by atoms with van der Waals surface area (Å²) in [4.78, 5) is 5.52. The summed E-state index contributed by atoms with van der Waals surface area (Å²) < 4.78 is 5.19. The zero-order chi connectivity index (χ0) is 12.3. The minimum atomic E-state index is 0.424. The third kappa shape index (κ3) is 2.45. The quantitative estimate of drug-likeness (QED) is 0.833. The summed E-state index contributed by atoms with van der Waals surface area (Å²) >= 11 is 1.57. The van der Waals surface area contributed by atoms with Crippen molar-refractivity contribution in [2.45, 2.75) is 13.3 Å². The van der Waals surface area contributed by atoms with Gasteiger partial charge >= 0.3 is 0 Å². The number of benzene rings is 1. The van der Waals surface area contributed by atoms with Crippen LogP contribution >= 0.6 is 11.3 Å². The monoisotopic (exact) mass is 244 g/mol. The van der Waals surface area contributed by atoms with Gasteiger partial charge in [0.05, 0.1) is 25.3 Å². The molecule has 0 spiro atoms. The average Bonchev–Trinajstić information content (AvgIpc) is 2.72. The Bertz CT molecular complexity index is 569. The number of nitriles is 1. The molecule has 0 unspecified atom stereocenters. The number of thiazole rings is 1. The molecule has 0 saturated heterocycles. The maximum atomic E-state index is 8.72. The SMILES string of the molecule is COc1cccc(-c2nc(C)c(CC#N)s2)c1. The molecule has 0 fully saturated rings. The molecule has 1 aromatic heterocycles. The Kier molecular flexibility index (Phi) is 3.40. The smallest absolute Gasteiger partial charge is 0.124 e. The Balaban J connectivity index is 2.39. The molecule has 2 aromatic rings. The van der Waals surface area contributed by atoms with E-state index in [0.29, 0.717) is 6.42 Å². The maximum absolute atomic E-state index is 8.72. The molecular formula is C13H12N2OS. The highest BCUT2D eigenvalue weighted by Crippen LogP contribution is 2.30. The van der Waals surface area contributed by atoms with E-state index < -0.39 is 0 Å². The molecule has 0 bridgehead atoms. The van der Waals surface area contributed by atoms with Crippen LogP contribution in [0.25, 0.3) is 10.6 Å². The topological polar surface area (TPSA) is 45.9 Å². The summed E-state index contributed by atoms with van der Waals surface area (Å²) in [5.74, 6) is 0.817. The van der Waals surface area contributed by atoms with Crippen LogP contribution in [0.2, 0.25) is 0 Å². The summed E-state index contributed by atoms with van der Waals surface area (Å²) in [7, 11) is 1.65. The Hall–Kier alpha value is -1.86. The lowest BCUT2D eigenvalue weighted by atomic mass is 10.2. The van der Waals surface area contributed by atoms with Crippen LogP contribution in [0.4, 0.5) is 0 Å². The Morgan fingerprint density at radius 3 is 3.00 bits per heavy atom. The van der Waals surface area contributed by atoms with Crippen LogP contribution in [-0.2, 0) is 6.42 Å². The summed E-state index contributed by atoms with van der Waals surface area (Å²) in [5.41, 5.74) is 1.97. The number of aryl methyl sites for hydroxylation is 1. The van der Waals surface area contributed by atoms with Crippen LogP contribution in [0.3, 0.4) is 0 Å². The Morgan fingerprint density at radius 1 is 1.47 bits per heavy atom. The molecule has 4 heteroatoms. The van der Waals surface area contributed by atoms with Crippen LogP contribution < -0.4 is 4.74 Å². The lowest BCUT2D eigenvalue weighted by molar-refractivity contribution is 0.415. The molecule has 3 nitrogen and oxygen atoms in total. The molecule has 0 atom stereocenters. The van der Waals surface area contributed by atoms with Crippen LogP contribution in [-0.4, -0.2) is 12.1 Å². The van der Waals surface area contributed by atoms with Crippen molar-refractivity contribution < 1.29 is 4.74 Å². The highest BCUT2D eigenvalue weighted by Gasteiger charge is 2.09. The van der Waals surface area contributed by atoms with E-state index >= 15 is 0 Å². The summed E-state index contributed by atoms with van der Waals surface area (Å²) in [6.07, 6.45) is 0.424. The van der Waals surface area contributed by atoms with Crippen molar-refractivity contribution >= 4 is 11.3 Å². The fourth-order valence-corrected chi connectivity index (χ4v) is 2.53. The highest BCUT2D eigenvalue weighted by atomic mass is 32.1. The van der Waals surface area contributed by atoms with E-state index in [1.807, 2.05) is 31.2 Å². The molecule has 1 heterocycles. The summed E-state index contributed by atoms with van der Waals surface area (Å²) in [5, 5.41) is 9.65. The van der Waals surface area contributed by atoms with Gasteiger partial charge in [-0.15, -0.1) is 11.3 Å². The lowest BCUT2D eigenvalue weighted by Crippen LogP contribution is -1.83. The number of nitrogens with zero attached hydrogens (tertiary/aromatic N) is 2. The number of hydrogen-bond donors (Lipinski definition) is 0. The molecule has 0 radical (unpaired) electrons. The molecule has 2 rings (SSSR count). The van der Waals surface area contributed by atoms with Crippen molar-refractivity contribution in [2.75, 3.05) is 7.11 Å². The van der Waals surface area contributed by atoms with E-state index in [-0.39, 0.29) is 0 Å². The van der Waals surface area contributed by atoms with Gasteiger partial charge < -0.3 is 4.74 Å². The number of rotatable bonds is 3. The molecule has 86 valence electrons. The average molecular weight is 244 g/mol. The molecule has 0 aliphatic carbocycles. The van der Waals surface area contributed by atoms with Gasteiger partial charge in [-0.1, -0.05) is 12.1 Å². The van der Waals surface area contributed by atoms with Crippen LogP contribution in [0.1, 0.15) is 10.6 Å². The van der Waals surface area contributed by atoms with Gasteiger partial charge in [0.15, 0.2) is 0 Å². The van der Waals surface area contributed by atoms with E-state index in [1.165, 1.54) is 0 Å². The first-order valence-electron chi connectivity index (χ1n) is 5.22. The van der Waals surface area contributed by atoms with Crippen molar-refractivity contribution in [3.05, 3.63) is 34.8 Å². The summed E-state index contributed by atoms with van der Waals surface area (Å²) in [6, 6.07) is 9.95. The van der Waals surface area contributed by atoms with Gasteiger partial charge in [-0.05, 0) is 19.1 Å². The van der Waals surface area contributed by atoms with Gasteiger partial charge in [0, 0.05) is 10.4 Å². The van der Waals surface area contributed by atoms with Gasteiger partial charge in [0.1, 0.15) is 10.8 Å². The van der Waals surface area contributed by atoms with Gasteiger partial charge in [0.2, 0.25) is 0 Å². The molecule has 17 heavy (non-hydrogen) atoms. The normalized spacial score (nSPS) is 9.94. The van der Waals surface area contributed by atoms with Gasteiger partial charge in [-0.2, -0.15) is 5.26 Å². The maximum Gasteiger partial charge on any atom is 0.124 e. The predicted molar refractivity (Wildman–Crippen MR) is 68.2 cm³/mol. The molecule has 0 N–H and O–H groups in total. The fourth-order valence-electron chi connectivity index (χ4n) is 1.54. The molecule has 0 aliphatic heterocycles. The second kappa shape index (κ2) is 4.98. The van der Waals surface area contributed by atoms with Crippen molar-refractivity contribution in [2.24, 2.45) is 0 Å². The minimum Gasteiger partial charge on any atom is -0.497 e. The van der Waals surface area contributed by atoms with Crippen molar-refractivity contribution in [3.63, 3.8) is 0 Å². The number of ether oxygens (including phenoxy) is 1. The first-order valence-corrected chi connectivity index (χ1v) is 6.04. The van der Waals surface area contributed by atoms with Crippen molar-refractivity contribution in [1.29, 1.82) is 5.26 Å². The second-order valence-electron chi connectivity index (χ2n) is 3.59. The molecule has 0 saturated carbocycles. The number of hydrogen-bond acceptors (Lipinski definition) is 4. The zero-order valence-electron chi connectivity index (χ0n) is 9.73. The van der Waals surface area contributed by atoms with Crippen molar-refractivity contribution in [3.8, 4) is 22.4 Å². The van der Waals surface area contributed by atoms with Crippen molar-refractivity contribution in [1.82, 2.24) is 4.98 Å². The first-order chi connectivity index (χ1) is 8.24. The van der Waals surface area contributed by atoms with E-state index in [9.17, 15) is 0 Å². The lowest BCUT2D eigenvalue weighted by Gasteiger charge is -2.00. The molecule has 0 aliphatic rings. The Labute approximate surface area is 104 Å². The first kappa shape index (κ1) is 11.6. The van der Waals surface area contributed by atoms with Crippen LogP contribution in [0, 0.1) is 18.3 Å². The number of methoxy groups -OCH3 is 1. The van der Waals surface area contributed by atoms with Gasteiger partial charge in [0.25, 0.3) is 0 Å². The third-order valence-corrected chi connectivity index (χ3v) is 3.66. The molecule has 0 amide bonds. The predicted octanol–water partition coefficient (Wildman–Crippen LogP) is 3.19. The molecule has 1 aromatic carbocycles. The number of aromatic nitrogens is 1. The van der Waals surface area contributed by atoms with E-state index in [0.717, 1.165) is 26.9 Å². The van der Waals surface area contributed by atoms with Crippen LogP contribution in [0.5, 0.6) is 5.75 Å². The standard InChI is InChI=1S/C13H12N2OS/c1-9-12(6-7-14)17-13(15-9)10-4-3-5-11(8-10)16-2/h3-5,8H,6H2,1-2H3. The van der Waals surface area contributed by atoms with E-state index in [1.54, 1.807) is 18.4 Å². The third-order valence-electron chi connectivity index (χ3n) is 2.45. The van der Waals surface area contributed by atoms with E-state index in [4.69, 9.17) is 10.00 Å². The largest absolute Gasteiger partial charge is 0.497 e. The zero-order valence-corrected chi connectivity index (χ0v) is 10.5. The molecular weight excluding hydrogens is 232 g/mol. The highest BCUT2D eigenvalue weighted by molar-refractivity contribution is 7.15. The minimum absolute atomic E-state index is 0.424. The van der Waals surface area contributed by atoms with Gasteiger partial charge in [-0.3, -0.25) is 0 Å². The second-order valence-corrected chi connectivity index (χ2v) is 4.68.